The van der Waals surface area contributed by atoms with E-state index >= 15 is 0 Å². The van der Waals surface area contributed by atoms with E-state index in [1.54, 1.807) is 20.1 Å². The molecule has 1 N–H and O–H groups in total. The molecule has 0 spiro atoms. The Morgan fingerprint density at radius 2 is 2.19 bits per heavy atom. The number of nitrogens with zero attached hydrogens (tertiary/aromatic N) is 1. The Morgan fingerprint density at radius 1 is 1.50 bits per heavy atom. The molecule has 0 bridgehead atoms. The molecule has 1 rings (SSSR count). The van der Waals surface area contributed by atoms with Gasteiger partial charge in [0.2, 0.25) is 0 Å². The first-order valence-corrected chi connectivity index (χ1v) is 5.24. The van der Waals surface area contributed by atoms with Crippen LogP contribution in [0, 0.1) is 5.82 Å². The van der Waals surface area contributed by atoms with E-state index in [1.165, 1.54) is 12.1 Å². The first-order valence-electron chi connectivity index (χ1n) is 5.24. The van der Waals surface area contributed by atoms with Crippen molar-refractivity contribution in [2.75, 3.05) is 32.2 Å². The highest BCUT2D eigenvalue weighted by Gasteiger charge is 2.12. The smallest absolute Gasteiger partial charge is 0.123 e. The lowest BCUT2D eigenvalue weighted by Crippen LogP contribution is -2.23. The van der Waals surface area contributed by atoms with Crippen LogP contribution in [-0.4, -0.2) is 32.4 Å². The van der Waals surface area contributed by atoms with Gasteiger partial charge in [0.25, 0.3) is 0 Å². The van der Waals surface area contributed by atoms with E-state index in [4.69, 9.17) is 4.74 Å². The molecular formula is C12H18FNO2. The van der Waals surface area contributed by atoms with E-state index in [1.807, 2.05) is 11.9 Å². The Balaban J connectivity index is 2.93. The predicted octanol–water partition coefficient (Wildman–Crippen LogP) is 1.96. The third kappa shape index (κ3) is 3.18. The van der Waals surface area contributed by atoms with E-state index in [-0.39, 0.29) is 5.82 Å². The lowest BCUT2D eigenvalue weighted by Gasteiger charge is -2.23. The molecule has 90 valence electrons. The van der Waals surface area contributed by atoms with Gasteiger partial charge in [-0.05, 0) is 25.1 Å². The molecule has 1 aromatic rings. The zero-order chi connectivity index (χ0) is 12.1. The van der Waals surface area contributed by atoms with Crippen molar-refractivity contribution in [1.82, 2.24) is 0 Å². The highest BCUT2D eigenvalue weighted by molar-refractivity contribution is 5.54. The third-order valence-electron chi connectivity index (χ3n) is 2.48. The fourth-order valence-corrected chi connectivity index (χ4v) is 1.56. The van der Waals surface area contributed by atoms with E-state index in [0.29, 0.717) is 18.7 Å². The summed E-state index contributed by atoms with van der Waals surface area (Å²) in [7, 11) is 3.52. The molecule has 16 heavy (non-hydrogen) atoms. The molecule has 1 aromatic carbocycles. The van der Waals surface area contributed by atoms with Gasteiger partial charge >= 0.3 is 0 Å². The summed E-state index contributed by atoms with van der Waals surface area (Å²) < 4.78 is 18.0. The van der Waals surface area contributed by atoms with Crippen LogP contribution in [-0.2, 0) is 4.74 Å². The molecule has 4 heteroatoms. The van der Waals surface area contributed by atoms with Gasteiger partial charge in [-0.3, -0.25) is 0 Å². The van der Waals surface area contributed by atoms with Gasteiger partial charge in [0.1, 0.15) is 5.82 Å². The fourth-order valence-electron chi connectivity index (χ4n) is 1.56. The molecule has 0 aromatic heterocycles. The number of anilines is 1. The van der Waals surface area contributed by atoms with Gasteiger partial charge in [-0.25, -0.2) is 4.39 Å². The number of hydrogen-bond donors (Lipinski definition) is 1. The molecule has 1 atom stereocenters. The summed E-state index contributed by atoms with van der Waals surface area (Å²) in [6.07, 6.45) is -0.685. The molecule has 3 nitrogen and oxygen atoms in total. The molecule has 0 saturated heterocycles. The Kier molecular flexibility index (Phi) is 4.71. The monoisotopic (exact) mass is 227 g/mol. The van der Waals surface area contributed by atoms with Crippen LogP contribution in [0.4, 0.5) is 10.1 Å². The molecule has 0 fully saturated rings. The van der Waals surface area contributed by atoms with Crippen molar-refractivity contribution < 1.29 is 14.2 Å². The Bertz CT molecular complexity index is 342. The van der Waals surface area contributed by atoms with E-state index < -0.39 is 6.10 Å². The second-order valence-electron chi connectivity index (χ2n) is 3.79. The van der Waals surface area contributed by atoms with Crippen LogP contribution in [0.5, 0.6) is 0 Å². The number of aliphatic hydroxyl groups excluding tert-OH is 1. The summed E-state index contributed by atoms with van der Waals surface area (Å²) in [5.41, 5.74) is 1.42. The van der Waals surface area contributed by atoms with Crippen molar-refractivity contribution in [3.63, 3.8) is 0 Å². The van der Waals surface area contributed by atoms with Crippen molar-refractivity contribution in [2.45, 2.75) is 13.0 Å². The third-order valence-corrected chi connectivity index (χ3v) is 2.48. The number of rotatable bonds is 5. The highest BCUT2D eigenvalue weighted by atomic mass is 19.1. The minimum absolute atomic E-state index is 0.334. The van der Waals surface area contributed by atoms with Gasteiger partial charge in [0.15, 0.2) is 0 Å². The van der Waals surface area contributed by atoms with E-state index in [2.05, 4.69) is 0 Å². The predicted molar refractivity (Wildman–Crippen MR) is 62.2 cm³/mol. The molecule has 0 aliphatic rings. The van der Waals surface area contributed by atoms with E-state index in [9.17, 15) is 9.50 Å². The van der Waals surface area contributed by atoms with Gasteiger partial charge in [-0.15, -0.1) is 0 Å². The van der Waals surface area contributed by atoms with E-state index in [0.717, 1.165) is 5.69 Å². The standard InChI is InChI=1S/C12H18FNO2/c1-9(15)11-8-10(13)4-5-12(11)14(2)6-7-16-3/h4-5,8-9,15H,6-7H2,1-3H3/t9-/m0/s1. The molecule has 0 aliphatic carbocycles. The second kappa shape index (κ2) is 5.82. The number of halogens is 1. The Labute approximate surface area is 95.5 Å². The van der Waals surface area contributed by atoms with Crippen LogP contribution in [0.15, 0.2) is 18.2 Å². The molecule has 0 heterocycles. The normalized spacial score (nSPS) is 12.6. The number of methoxy groups -OCH3 is 1. The highest BCUT2D eigenvalue weighted by Crippen LogP contribution is 2.26. The average molecular weight is 227 g/mol. The number of benzene rings is 1. The van der Waals surface area contributed by atoms with Crippen molar-refractivity contribution >= 4 is 5.69 Å². The summed E-state index contributed by atoms with van der Waals surface area (Å²) >= 11 is 0. The molecule has 0 aliphatic heterocycles. The second-order valence-corrected chi connectivity index (χ2v) is 3.79. The van der Waals surface area contributed by atoms with Crippen molar-refractivity contribution in [3.8, 4) is 0 Å². The number of ether oxygens (including phenoxy) is 1. The van der Waals surface area contributed by atoms with Gasteiger partial charge < -0.3 is 14.7 Å². The largest absolute Gasteiger partial charge is 0.389 e. The van der Waals surface area contributed by atoms with Crippen LogP contribution < -0.4 is 4.90 Å². The van der Waals surface area contributed by atoms with Gasteiger partial charge in [0.05, 0.1) is 12.7 Å². The van der Waals surface area contributed by atoms with Crippen LogP contribution in [0.2, 0.25) is 0 Å². The molecule has 0 amide bonds. The summed E-state index contributed by atoms with van der Waals surface area (Å²) in [5.74, 6) is -0.334. The molecule has 0 unspecified atom stereocenters. The average Bonchev–Trinajstić information content (AvgIpc) is 2.25. The van der Waals surface area contributed by atoms with Crippen molar-refractivity contribution in [2.24, 2.45) is 0 Å². The van der Waals surface area contributed by atoms with Crippen molar-refractivity contribution in [3.05, 3.63) is 29.6 Å². The van der Waals surface area contributed by atoms with Crippen molar-refractivity contribution in [1.29, 1.82) is 0 Å². The maximum atomic E-state index is 13.1. The SMILES string of the molecule is COCCN(C)c1ccc(F)cc1[C@H](C)O. The maximum absolute atomic E-state index is 13.1. The molecular weight excluding hydrogens is 209 g/mol. The van der Waals surface area contributed by atoms with Crippen LogP contribution in [0.1, 0.15) is 18.6 Å². The van der Waals surface area contributed by atoms with Gasteiger partial charge in [-0.2, -0.15) is 0 Å². The van der Waals surface area contributed by atoms with Crippen LogP contribution in [0.25, 0.3) is 0 Å². The lowest BCUT2D eigenvalue weighted by atomic mass is 10.1. The number of likely N-dealkylation sites (N-methyl/N-ethyl adjacent to an activating group) is 1. The minimum atomic E-state index is -0.685. The zero-order valence-corrected chi connectivity index (χ0v) is 9.90. The molecule has 0 radical (unpaired) electrons. The zero-order valence-electron chi connectivity index (χ0n) is 9.90. The first-order chi connectivity index (χ1) is 7.56. The fraction of sp³-hybridized carbons (Fsp3) is 0.500. The lowest BCUT2D eigenvalue weighted by molar-refractivity contribution is 0.197. The summed E-state index contributed by atoms with van der Waals surface area (Å²) in [6.45, 7) is 2.91. The van der Waals surface area contributed by atoms with Gasteiger partial charge in [0, 0.05) is 32.0 Å². The first kappa shape index (κ1) is 12.9. The van der Waals surface area contributed by atoms with Crippen LogP contribution >= 0.6 is 0 Å². The quantitative estimate of drug-likeness (QED) is 0.834. The molecule has 0 saturated carbocycles. The maximum Gasteiger partial charge on any atom is 0.123 e. The summed E-state index contributed by atoms with van der Waals surface area (Å²) in [5, 5.41) is 9.58. The Morgan fingerprint density at radius 3 is 2.75 bits per heavy atom. The number of hydrogen-bond acceptors (Lipinski definition) is 3. The minimum Gasteiger partial charge on any atom is -0.389 e. The summed E-state index contributed by atoms with van der Waals surface area (Å²) in [6, 6.07) is 4.43. The summed E-state index contributed by atoms with van der Waals surface area (Å²) in [4.78, 5) is 1.94. The van der Waals surface area contributed by atoms with Gasteiger partial charge in [-0.1, -0.05) is 0 Å². The topological polar surface area (TPSA) is 32.7 Å². The Hall–Kier alpha value is -1.13. The number of aliphatic hydroxyl groups is 1. The van der Waals surface area contributed by atoms with Crippen LogP contribution in [0.3, 0.4) is 0 Å².